The van der Waals surface area contributed by atoms with Crippen molar-refractivity contribution in [1.82, 2.24) is 9.97 Å². The summed E-state index contributed by atoms with van der Waals surface area (Å²) >= 11 is 0. The zero-order valence-corrected chi connectivity index (χ0v) is 18.2. The molecule has 4 aromatic carbocycles. The van der Waals surface area contributed by atoms with Gasteiger partial charge in [-0.1, -0.05) is 24.3 Å². The maximum absolute atomic E-state index is 12.2. The van der Waals surface area contributed by atoms with Crippen LogP contribution in [0.5, 0.6) is 11.5 Å². The molecule has 0 bridgehead atoms. The average Bonchev–Trinajstić information content (AvgIpc) is 2.94. The van der Waals surface area contributed by atoms with Crippen LogP contribution >= 0.6 is 0 Å². The first-order valence-electron chi connectivity index (χ1n) is 9.89. The average molecular weight is 548 g/mol. The number of halogens is 10. The Morgan fingerprint density at radius 1 is 0.342 bits per heavy atom. The highest BCUT2D eigenvalue weighted by Crippen LogP contribution is 2.28. The number of hydrogen-bond acceptors (Lipinski definition) is 4. The molecule has 0 saturated carbocycles. The maximum atomic E-state index is 12.2. The van der Waals surface area contributed by atoms with Crippen LogP contribution in [0.4, 0.5) is 43.9 Å². The van der Waals surface area contributed by atoms with Gasteiger partial charge in [-0.25, -0.2) is 36.3 Å². The predicted molar refractivity (Wildman–Crippen MR) is 113 cm³/mol. The van der Waals surface area contributed by atoms with Crippen LogP contribution in [0, 0.1) is 58.2 Å². The third-order valence-corrected chi connectivity index (χ3v) is 4.62. The molecule has 0 atom stereocenters. The first-order valence-corrected chi connectivity index (χ1v) is 9.89. The number of phenols is 2. The highest BCUT2D eigenvalue weighted by Gasteiger charge is 2.26. The lowest BCUT2D eigenvalue weighted by Crippen LogP contribution is -2.00. The van der Waals surface area contributed by atoms with Gasteiger partial charge < -0.3 is 10.2 Å². The summed E-state index contributed by atoms with van der Waals surface area (Å²) in [6.07, 6.45) is 0. The van der Waals surface area contributed by atoms with E-state index in [0.717, 1.165) is 22.1 Å². The number of phenolic OH excluding ortho intramolecular Hbond substituents is 2. The summed E-state index contributed by atoms with van der Waals surface area (Å²) in [4.78, 5) is 9.03. The summed E-state index contributed by atoms with van der Waals surface area (Å²) in [5.41, 5.74) is 3.80. The molecule has 5 rings (SSSR count). The number of fused-ring (bicyclic) bond motifs is 2. The van der Waals surface area contributed by atoms with Crippen LogP contribution in [0.25, 0.3) is 22.1 Å². The van der Waals surface area contributed by atoms with Gasteiger partial charge in [-0.3, -0.25) is 0 Å². The van der Waals surface area contributed by atoms with Crippen molar-refractivity contribution in [1.29, 1.82) is 0 Å². The van der Waals surface area contributed by atoms with E-state index in [4.69, 9.17) is 10.2 Å². The minimum absolute atomic E-state index is 0.950. The number of aromatic hydroxyl groups is 2. The lowest BCUT2D eigenvalue weighted by atomic mass is 10.2. The molecule has 0 unspecified atom stereocenters. The Labute approximate surface area is 205 Å². The Morgan fingerprint density at radius 3 is 0.737 bits per heavy atom. The third-order valence-electron chi connectivity index (χ3n) is 4.62. The molecule has 0 radical (unpaired) electrons. The van der Waals surface area contributed by atoms with Crippen LogP contribution in [-0.2, 0) is 0 Å². The van der Waals surface area contributed by atoms with Gasteiger partial charge in [0.05, 0.1) is 22.1 Å². The number of para-hydroxylation sites is 4. The number of aromatic nitrogens is 2. The first-order chi connectivity index (χ1) is 17.9. The van der Waals surface area contributed by atoms with Gasteiger partial charge in [0, 0.05) is 0 Å². The molecule has 4 nitrogen and oxygen atoms in total. The summed E-state index contributed by atoms with van der Waals surface area (Å²) in [5.74, 6) is -25.9. The van der Waals surface area contributed by atoms with Crippen LogP contribution in [0.3, 0.4) is 0 Å². The highest BCUT2D eigenvalue weighted by molar-refractivity contribution is 5.85. The molecule has 0 amide bonds. The molecule has 0 spiro atoms. The molecule has 0 aliphatic rings. The molecule has 0 saturated heterocycles. The fourth-order valence-corrected chi connectivity index (χ4v) is 2.75. The van der Waals surface area contributed by atoms with Crippen LogP contribution in [0.15, 0.2) is 48.5 Å². The van der Waals surface area contributed by atoms with Crippen molar-refractivity contribution in [2.45, 2.75) is 0 Å². The van der Waals surface area contributed by atoms with Crippen molar-refractivity contribution in [3.8, 4) is 11.5 Å². The van der Waals surface area contributed by atoms with Crippen LogP contribution in [-0.4, -0.2) is 20.2 Å². The fourth-order valence-electron chi connectivity index (χ4n) is 2.75. The van der Waals surface area contributed by atoms with E-state index in [1.807, 2.05) is 48.5 Å². The summed E-state index contributed by atoms with van der Waals surface area (Å²) in [7, 11) is 0. The highest BCUT2D eigenvalue weighted by atomic mass is 19.2. The molecule has 1 heterocycles. The second kappa shape index (κ2) is 11.2. The molecular weight excluding hydrogens is 538 g/mol. The number of nitrogens with zero attached hydrogens (tertiary/aromatic N) is 2. The van der Waals surface area contributed by atoms with Gasteiger partial charge in [-0.05, 0) is 24.3 Å². The Kier molecular flexibility index (Phi) is 8.23. The van der Waals surface area contributed by atoms with Gasteiger partial charge in [0.15, 0.2) is 11.5 Å². The molecule has 1 aromatic heterocycles. The third kappa shape index (κ3) is 5.38. The van der Waals surface area contributed by atoms with Gasteiger partial charge in [0.25, 0.3) is 0 Å². The van der Waals surface area contributed by atoms with Crippen LogP contribution in [0.2, 0.25) is 0 Å². The van der Waals surface area contributed by atoms with E-state index in [9.17, 15) is 43.9 Å². The molecular formula is C24H10F10N2O2. The Balaban J connectivity index is 0.000000159. The predicted octanol–water partition coefficient (Wildman–Crippen LogP) is 6.96. The Morgan fingerprint density at radius 2 is 0.526 bits per heavy atom. The van der Waals surface area contributed by atoms with E-state index in [1.165, 1.54) is 0 Å². The van der Waals surface area contributed by atoms with Gasteiger partial charge in [-0.2, -0.15) is 17.6 Å². The second-order valence-electron chi connectivity index (χ2n) is 7.04. The Bertz CT molecular complexity index is 1280. The van der Waals surface area contributed by atoms with E-state index in [-0.39, 0.29) is 0 Å². The van der Waals surface area contributed by atoms with Gasteiger partial charge in [-0.15, -0.1) is 0 Å². The van der Waals surface area contributed by atoms with Crippen LogP contribution < -0.4 is 0 Å². The number of rotatable bonds is 0. The summed E-state index contributed by atoms with van der Waals surface area (Å²) in [6, 6.07) is 15.8. The quantitative estimate of drug-likeness (QED) is 0.0951. The standard InChI is InChI=1S/C12H8N2.2C6HF5O/c1-2-6-10-9(5-1)13-11-7-3-4-8-12(11)14-10;2*7-1-2(8)4(10)6(12)5(11)3(1)9/h1-8H;2*12H. The van der Waals surface area contributed by atoms with Gasteiger partial charge >= 0.3 is 0 Å². The van der Waals surface area contributed by atoms with Crippen molar-refractivity contribution in [3.63, 3.8) is 0 Å². The minimum atomic E-state index is -2.29. The Hall–Kier alpha value is -4.62. The zero-order valence-electron chi connectivity index (χ0n) is 18.2. The minimum Gasteiger partial charge on any atom is -0.503 e. The monoisotopic (exact) mass is 548 g/mol. The molecule has 5 aromatic rings. The van der Waals surface area contributed by atoms with E-state index < -0.39 is 69.7 Å². The SMILES string of the molecule is Oc1c(F)c(F)c(F)c(F)c1F.Oc1c(F)c(F)c(F)c(F)c1F.c1ccc2nc3ccccc3nc2c1. The molecule has 38 heavy (non-hydrogen) atoms. The molecule has 0 aliphatic carbocycles. The second-order valence-corrected chi connectivity index (χ2v) is 7.04. The van der Waals surface area contributed by atoms with Gasteiger partial charge in [0.1, 0.15) is 0 Å². The zero-order chi connectivity index (χ0) is 28.3. The van der Waals surface area contributed by atoms with Crippen molar-refractivity contribution in [3.05, 3.63) is 107 Å². The van der Waals surface area contributed by atoms with E-state index in [1.54, 1.807) is 0 Å². The lowest BCUT2D eigenvalue weighted by molar-refractivity contribution is 0.325. The molecule has 2 N–H and O–H groups in total. The van der Waals surface area contributed by atoms with E-state index in [2.05, 4.69) is 9.97 Å². The number of benzene rings is 4. The number of hydrogen-bond donors (Lipinski definition) is 2. The molecule has 0 fully saturated rings. The van der Waals surface area contributed by atoms with Gasteiger partial charge in [0.2, 0.25) is 58.2 Å². The van der Waals surface area contributed by atoms with Crippen molar-refractivity contribution in [2.24, 2.45) is 0 Å². The maximum Gasteiger partial charge on any atom is 0.206 e. The van der Waals surface area contributed by atoms with E-state index in [0.29, 0.717) is 0 Å². The summed E-state index contributed by atoms with van der Waals surface area (Å²) in [5, 5.41) is 16.6. The van der Waals surface area contributed by atoms with E-state index >= 15 is 0 Å². The molecule has 198 valence electrons. The lowest BCUT2D eigenvalue weighted by Gasteiger charge is -2.00. The topological polar surface area (TPSA) is 66.2 Å². The first kappa shape index (κ1) is 28.0. The molecule has 14 heteroatoms. The summed E-state index contributed by atoms with van der Waals surface area (Å²) < 4.78 is 121. The van der Waals surface area contributed by atoms with Crippen molar-refractivity contribution >= 4 is 22.1 Å². The molecule has 0 aliphatic heterocycles. The van der Waals surface area contributed by atoms with Crippen LogP contribution in [0.1, 0.15) is 0 Å². The summed E-state index contributed by atoms with van der Waals surface area (Å²) in [6.45, 7) is 0. The normalized spacial score (nSPS) is 10.6. The largest absolute Gasteiger partial charge is 0.503 e. The van der Waals surface area contributed by atoms with Crippen molar-refractivity contribution < 1.29 is 54.1 Å². The van der Waals surface area contributed by atoms with Crippen molar-refractivity contribution in [2.75, 3.05) is 0 Å². The fraction of sp³-hybridized carbons (Fsp3) is 0. The smallest absolute Gasteiger partial charge is 0.206 e.